The molecule has 1 spiro atoms. The van der Waals surface area contributed by atoms with E-state index in [4.69, 9.17) is 10.5 Å². The van der Waals surface area contributed by atoms with Gasteiger partial charge < -0.3 is 20.7 Å². The highest BCUT2D eigenvalue weighted by Gasteiger charge is 2.49. The van der Waals surface area contributed by atoms with Crippen LogP contribution in [0.1, 0.15) is 5.56 Å². The zero-order chi connectivity index (χ0) is 15.2. The minimum Gasteiger partial charge on any atom is -0.378 e. The SMILES string of the molecule is NC1=N[C@]2(N=C(N3CCOCC3)N1)C(=O)Nc1ccccc12. The molecule has 4 rings (SSSR count). The molecule has 0 saturated carbocycles. The van der Waals surface area contributed by atoms with E-state index in [9.17, 15) is 4.79 Å². The van der Waals surface area contributed by atoms with Gasteiger partial charge in [-0.25, -0.2) is 9.98 Å². The van der Waals surface area contributed by atoms with E-state index in [0.29, 0.717) is 32.3 Å². The third kappa shape index (κ3) is 1.84. The molecule has 0 aliphatic carbocycles. The third-order valence-electron chi connectivity index (χ3n) is 3.97. The molecule has 4 N–H and O–H groups in total. The van der Waals surface area contributed by atoms with E-state index in [1.54, 1.807) is 0 Å². The topological polar surface area (TPSA) is 104 Å². The second-order valence-corrected chi connectivity index (χ2v) is 5.33. The van der Waals surface area contributed by atoms with E-state index in [2.05, 4.69) is 20.6 Å². The minimum atomic E-state index is -1.33. The molecule has 114 valence electrons. The summed E-state index contributed by atoms with van der Waals surface area (Å²) in [6, 6.07) is 7.40. The lowest BCUT2D eigenvalue weighted by molar-refractivity contribution is -0.120. The van der Waals surface area contributed by atoms with Crippen LogP contribution in [0.25, 0.3) is 0 Å². The molecular formula is C14H16N6O2. The van der Waals surface area contributed by atoms with Crippen LogP contribution in [0.5, 0.6) is 0 Å². The van der Waals surface area contributed by atoms with Gasteiger partial charge in [0, 0.05) is 24.3 Å². The molecule has 0 radical (unpaired) electrons. The summed E-state index contributed by atoms with van der Waals surface area (Å²) in [5.74, 6) is 0.454. The summed E-state index contributed by atoms with van der Waals surface area (Å²) in [6.45, 7) is 2.62. The van der Waals surface area contributed by atoms with Gasteiger partial charge in [-0.3, -0.25) is 10.1 Å². The van der Waals surface area contributed by atoms with Crippen molar-refractivity contribution < 1.29 is 9.53 Å². The number of anilines is 1. The standard InChI is InChI=1S/C14H16N6O2/c15-12-17-13(20-5-7-22-8-6-20)19-14(18-12)9-3-1-2-4-10(9)16-11(14)21/h1-4H,5-8H2,(H,16,21)(H3,15,17,18,19)/t14-/m1/s1. The van der Waals surface area contributed by atoms with Crippen LogP contribution >= 0.6 is 0 Å². The van der Waals surface area contributed by atoms with Crippen molar-refractivity contribution in [3.63, 3.8) is 0 Å². The molecule has 1 aromatic carbocycles. The molecule has 1 aromatic rings. The Labute approximate surface area is 127 Å². The van der Waals surface area contributed by atoms with Gasteiger partial charge in [-0.1, -0.05) is 18.2 Å². The van der Waals surface area contributed by atoms with Crippen LogP contribution in [0, 0.1) is 0 Å². The number of guanidine groups is 2. The molecule has 3 aliphatic rings. The van der Waals surface area contributed by atoms with E-state index in [1.165, 1.54) is 0 Å². The van der Waals surface area contributed by atoms with Crippen molar-refractivity contribution in [1.82, 2.24) is 10.2 Å². The Morgan fingerprint density at radius 1 is 1.18 bits per heavy atom. The number of nitrogens with one attached hydrogen (secondary N) is 2. The molecule has 0 bridgehead atoms. The Hall–Kier alpha value is -2.61. The molecule has 0 aromatic heterocycles. The molecule has 1 amide bonds. The van der Waals surface area contributed by atoms with Gasteiger partial charge >= 0.3 is 0 Å². The summed E-state index contributed by atoms with van der Waals surface area (Å²) in [4.78, 5) is 23.5. The van der Waals surface area contributed by atoms with E-state index in [-0.39, 0.29) is 11.9 Å². The summed E-state index contributed by atoms with van der Waals surface area (Å²) >= 11 is 0. The molecule has 3 heterocycles. The number of amides is 1. The molecule has 1 fully saturated rings. The maximum atomic E-state index is 12.5. The van der Waals surface area contributed by atoms with Gasteiger partial charge in [0.05, 0.1) is 13.2 Å². The molecule has 22 heavy (non-hydrogen) atoms. The van der Waals surface area contributed by atoms with Gasteiger partial charge in [0.1, 0.15) is 0 Å². The fourth-order valence-electron chi connectivity index (χ4n) is 2.90. The van der Waals surface area contributed by atoms with Gasteiger partial charge in [0.2, 0.25) is 5.96 Å². The number of para-hydroxylation sites is 1. The number of carbonyl (C=O) groups is 1. The Balaban J connectivity index is 1.81. The second-order valence-electron chi connectivity index (χ2n) is 5.33. The molecule has 0 unspecified atom stereocenters. The van der Waals surface area contributed by atoms with Crippen molar-refractivity contribution in [3.05, 3.63) is 29.8 Å². The molecule has 8 heteroatoms. The number of nitrogens with zero attached hydrogens (tertiary/aromatic N) is 3. The van der Waals surface area contributed by atoms with Gasteiger partial charge in [0.15, 0.2) is 5.96 Å². The molecule has 1 atom stereocenters. The third-order valence-corrected chi connectivity index (χ3v) is 3.97. The first kappa shape index (κ1) is 13.1. The Bertz CT molecular complexity index is 694. The molecule has 8 nitrogen and oxygen atoms in total. The van der Waals surface area contributed by atoms with Gasteiger partial charge in [-0.2, -0.15) is 0 Å². The lowest BCUT2D eigenvalue weighted by Gasteiger charge is -2.34. The maximum Gasteiger partial charge on any atom is 0.280 e. The van der Waals surface area contributed by atoms with Crippen LogP contribution < -0.4 is 16.4 Å². The number of hydrogen-bond acceptors (Lipinski definition) is 7. The van der Waals surface area contributed by atoms with Crippen LogP contribution in [0.2, 0.25) is 0 Å². The van der Waals surface area contributed by atoms with Crippen LogP contribution in [-0.2, 0) is 15.2 Å². The van der Waals surface area contributed by atoms with E-state index in [0.717, 1.165) is 11.3 Å². The van der Waals surface area contributed by atoms with E-state index >= 15 is 0 Å². The number of nitrogens with two attached hydrogens (primary N) is 1. The lowest BCUT2D eigenvalue weighted by atomic mass is 10.0. The van der Waals surface area contributed by atoms with Crippen molar-refractivity contribution in [2.45, 2.75) is 5.66 Å². The number of aliphatic imine (C=N–C) groups is 2. The monoisotopic (exact) mass is 300 g/mol. The summed E-state index contributed by atoms with van der Waals surface area (Å²) in [5.41, 5.74) is 6.03. The van der Waals surface area contributed by atoms with Gasteiger partial charge in [-0.05, 0) is 6.07 Å². The first-order chi connectivity index (χ1) is 10.7. The van der Waals surface area contributed by atoms with Crippen LogP contribution in [0.15, 0.2) is 34.3 Å². The van der Waals surface area contributed by atoms with Crippen molar-refractivity contribution in [2.75, 3.05) is 31.6 Å². The summed E-state index contributed by atoms with van der Waals surface area (Å²) in [5, 5.41) is 5.78. The number of morpholine rings is 1. The first-order valence-electron chi connectivity index (χ1n) is 7.15. The van der Waals surface area contributed by atoms with Crippen molar-refractivity contribution in [1.29, 1.82) is 0 Å². The average molecular weight is 300 g/mol. The number of ether oxygens (including phenoxy) is 1. The van der Waals surface area contributed by atoms with Crippen LogP contribution in [-0.4, -0.2) is 49.0 Å². The van der Waals surface area contributed by atoms with Gasteiger partial charge in [-0.15, -0.1) is 0 Å². The molecule has 3 aliphatic heterocycles. The number of carbonyl (C=O) groups excluding carboxylic acids is 1. The van der Waals surface area contributed by atoms with Crippen molar-refractivity contribution in [3.8, 4) is 0 Å². The lowest BCUT2D eigenvalue weighted by Crippen LogP contribution is -2.55. The zero-order valence-electron chi connectivity index (χ0n) is 11.9. The van der Waals surface area contributed by atoms with E-state index < -0.39 is 5.66 Å². The Morgan fingerprint density at radius 2 is 1.95 bits per heavy atom. The minimum absolute atomic E-state index is 0.184. The summed E-state index contributed by atoms with van der Waals surface area (Å²) in [7, 11) is 0. The van der Waals surface area contributed by atoms with Crippen molar-refractivity contribution >= 4 is 23.5 Å². The highest BCUT2D eigenvalue weighted by molar-refractivity contribution is 6.11. The first-order valence-corrected chi connectivity index (χ1v) is 7.15. The maximum absolute atomic E-state index is 12.5. The van der Waals surface area contributed by atoms with Gasteiger partial charge in [0.25, 0.3) is 11.6 Å². The largest absolute Gasteiger partial charge is 0.378 e. The smallest absolute Gasteiger partial charge is 0.280 e. The fourth-order valence-corrected chi connectivity index (χ4v) is 2.90. The normalized spacial score (nSPS) is 26.9. The number of hydrogen-bond donors (Lipinski definition) is 3. The average Bonchev–Trinajstić information content (AvgIpc) is 2.80. The fraction of sp³-hybridized carbons (Fsp3) is 0.357. The van der Waals surface area contributed by atoms with Crippen LogP contribution in [0.4, 0.5) is 5.69 Å². The number of rotatable bonds is 0. The zero-order valence-corrected chi connectivity index (χ0v) is 11.9. The highest BCUT2D eigenvalue weighted by Crippen LogP contribution is 2.41. The second kappa shape index (κ2) is 4.70. The van der Waals surface area contributed by atoms with E-state index in [1.807, 2.05) is 29.2 Å². The Kier molecular flexibility index (Phi) is 2.80. The number of fused-ring (bicyclic) bond motifs is 2. The molecular weight excluding hydrogens is 284 g/mol. The quantitative estimate of drug-likeness (QED) is 0.593. The summed E-state index contributed by atoms with van der Waals surface area (Å²) < 4.78 is 5.35. The van der Waals surface area contributed by atoms with Crippen molar-refractivity contribution in [2.24, 2.45) is 15.7 Å². The van der Waals surface area contributed by atoms with Crippen LogP contribution in [0.3, 0.4) is 0 Å². The number of benzene rings is 1. The predicted octanol–water partition coefficient (Wildman–Crippen LogP) is -0.602. The Morgan fingerprint density at radius 3 is 2.77 bits per heavy atom. The summed E-state index contributed by atoms with van der Waals surface area (Å²) in [6.07, 6.45) is 0. The molecule has 1 saturated heterocycles. The highest BCUT2D eigenvalue weighted by atomic mass is 16.5. The predicted molar refractivity (Wildman–Crippen MR) is 81.3 cm³/mol.